The summed E-state index contributed by atoms with van der Waals surface area (Å²) in [6, 6.07) is 7.46. The average Bonchev–Trinajstić information content (AvgIpc) is 2.95. The number of nitrogens with zero attached hydrogens (tertiary/aromatic N) is 1. The fraction of sp³-hybridized carbons (Fsp3) is 0.333. The first-order valence-electron chi connectivity index (χ1n) is 6.84. The Morgan fingerprint density at radius 1 is 1.43 bits per heavy atom. The van der Waals surface area contributed by atoms with Crippen molar-refractivity contribution in [3.8, 4) is 0 Å². The van der Waals surface area contributed by atoms with E-state index < -0.39 is 0 Å². The Kier molecular flexibility index (Phi) is 5.73. The molecule has 1 unspecified atom stereocenters. The Morgan fingerprint density at radius 3 is 2.76 bits per heavy atom. The maximum absolute atomic E-state index is 12.2. The van der Waals surface area contributed by atoms with Gasteiger partial charge in [-0.25, -0.2) is 4.98 Å². The third-order valence-electron chi connectivity index (χ3n) is 3.13. The normalized spacial score (nSPS) is 12.1. The number of benzene rings is 1. The number of nitrogens with one attached hydrogen (secondary N) is 1. The van der Waals surface area contributed by atoms with Crippen LogP contribution in [0.3, 0.4) is 0 Å². The third kappa shape index (κ3) is 4.27. The highest BCUT2D eigenvalue weighted by atomic mass is 35.5. The number of halogens is 1. The van der Waals surface area contributed by atoms with E-state index in [1.165, 1.54) is 11.3 Å². The van der Waals surface area contributed by atoms with Crippen LogP contribution in [0.25, 0.3) is 0 Å². The standard InChI is InChI=1S/C15H18ClN3OS/c1-2-12(10-3-5-11(16)6-4-10)19-15(20)13-9-21-14(18-13)7-8-17/h3-6,9,12H,2,7-8,17H2,1H3,(H,19,20). The van der Waals surface area contributed by atoms with Gasteiger partial charge in [-0.2, -0.15) is 0 Å². The zero-order chi connectivity index (χ0) is 15.2. The van der Waals surface area contributed by atoms with E-state index in [0.717, 1.165) is 17.0 Å². The van der Waals surface area contributed by atoms with Gasteiger partial charge in [0.25, 0.3) is 5.91 Å². The fourth-order valence-electron chi connectivity index (χ4n) is 2.00. The Hall–Kier alpha value is -1.43. The summed E-state index contributed by atoms with van der Waals surface area (Å²) in [6.07, 6.45) is 1.50. The highest BCUT2D eigenvalue weighted by Crippen LogP contribution is 2.20. The molecule has 3 N–H and O–H groups in total. The molecule has 2 rings (SSSR count). The predicted octanol–water partition coefficient (Wildman–Crippen LogP) is 3.18. The van der Waals surface area contributed by atoms with Crippen LogP contribution in [0.2, 0.25) is 5.02 Å². The molecule has 1 amide bonds. The molecule has 0 bridgehead atoms. The Balaban J connectivity index is 2.06. The van der Waals surface area contributed by atoms with Crippen LogP contribution in [-0.4, -0.2) is 17.4 Å². The van der Waals surface area contributed by atoms with Crippen molar-refractivity contribution in [3.05, 3.63) is 50.9 Å². The van der Waals surface area contributed by atoms with Gasteiger partial charge in [0.05, 0.1) is 11.0 Å². The van der Waals surface area contributed by atoms with Crippen molar-refractivity contribution in [3.63, 3.8) is 0 Å². The number of aromatic nitrogens is 1. The summed E-state index contributed by atoms with van der Waals surface area (Å²) in [4.78, 5) is 16.5. The van der Waals surface area contributed by atoms with Crippen LogP contribution in [-0.2, 0) is 6.42 Å². The van der Waals surface area contributed by atoms with E-state index in [1.54, 1.807) is 5.38 Å². The maximum Gasteiger partial charge on any atom is 0.271 e. The minimum absolute atomic E-state index is 0.0468. The summed E-state index contributed by atoms with van der Waals surface area (Å²) in [7, 11) is 0. The zero-order valence-corrected chi connectivity index (χ0v) is 13.4. The monoisotopic (exact) mass is 323 g/mol. The van der Waals surface area contributed by atoms with Crippen LogP contribution in [0.4, 0.5) is 0 Å². The molecule has 0 spiro atoms. The molecule has 0 fully saturated rings. The van der Waals surface area contributed by atoms with Gasteiger partial charge in [-0.3, -0.25) is 4.79 Å². The molecular weight excluding hydrogens is 306 g/mol. The highest BCUT2D eigenvalue weighted by Gasteiger charge is 2.16. The van der Waals surface area contributed by atoms with E-state index in [0.29, 0.717) is 23.7 Å². The second-order valence-corrected chi connectivity index (χ2v) is 6.03. The number of hydrogen-bond donors (Lipinski definition) is 2. The molecule has 6 heteroatoms. The number of nitrogens with two attached hydrogens (primary N) is 1. The van der Waals surface area contributed by atoms with Crippen molar-refractivity contribution < 1.29 is 4.79 Å². The minimum Gasteiger partial charge on any atom is -0.344 e. The molecule has 0 aliphatic heterocycles. The molecule has 0 saturated heterocycles. The van der Waals surface area contributed by atoms with Gasteiger partial charge in [0.15, 0.2) is 0 Å². The lowest BCUT2D eigenvalue weighted by molar-refractivity contribution is 0.0931. The largest absolute Gasteiger partial charge is 0.344 e. The number of amides is 1. The second-order valence-electron chi connectivity index (χ2n) is 4.65. The third-order valence-corrected chi connectivity index (χ3v) is 4.29. The van der Waals surface area contributed by atoms with Crippen LogP contribution in [0, 0.1) is 0 Å². The van der Waals surface area contributed by atoms with Gasteiger partial charge in [0.1, 0.15) is 5.69 Å². The molecular formula is C15H18ClN3OS. The molecule has 0 aliphatic rings. The van der Waals surface area contributed by atoms with Crippen LogP contribution in [0.1, 0.15) is 40.4 Å². The fourth-order valence-corrected chi connectivity index (χ4v) is 2.92. The topological polar surface area (TPSA) is 68.0 Å². The van der Waals surface area contributed by atoms with E-state index >= 15 is 0 Å². The first kappa shape index (κ1) is 15.9. The molecule has 0 radical (unpaired) electrons. The predicted molar refractivity (Wildman–Crippen MR) is 86.8 cm³/mol. The molecule has 1 aromatic carbocycles. The van der Waals surface area contributed by atoms with Crippen molar-refractivity contribution >= 4 is 28.8 Å². The number of thiazole rings is 1. The zero-order valence-electron chi connectivity index (χ0n) is 11.8. The van der Waals surface area contributed by atoms with Gasteiger partial charge in [-0.1, -0.05) is 30.7 Å². The smallest absolute Gasteiger partial charge is 0.271 e. The maximum atomic E-state index is 12.2. The van der Waals surface area contributed by atoms with Gasteiger partial charge in [0.2, 0.25) is 0 Å². The van der Waals surface area contributed by atoms with Crippen LogP contribution >= 0.6 is 22.9 Å². The van der Waals surface area contributed by atoms with E-state index in [1.807, 2.05) is 31.2 Å². The van der Waals surface area contributed by atoms with Gasteiger partial charge < -0.3 is 11.1 Å². The second kappa shape index (κ2) is 7.54. The van der Waals surface area contributed by atoms with Crippen LogP contribution in [0.5, 0.6) is 0 Å². The molecule has 2 aromatic rings. The Bertz CT molecular complexity index is 597. The number of rotatable bonds is 6. The van der Waals surface area contributed by atoms with Crippen LogP contribution < -0.4 is 11.1 Å². The molecule has 0 aliphatic carbocycles. The molecule has 1 atom stereocenters. The van der Waals surface area contributed by atoms with Crippen molar-refractivity contribution in [2.45, 2.75) is 25.8 Å². The lowest BCUT2D eigenvalue weighted by atomic mass is 10.0. The van der Waals surface area contributed by atoms with Gasteiger partial charge in [-0.15, -0.1) is 11.3 Å². The van der Waals surface area contributed by atoms with Gasteiger partial charge >= 0.3 is 0 Å². The van der Waals surface area contributed by atoms with Gasteiger partial charge in [-0.05, 0) is 30.7 Å². The lowest BCUT2D eigenvalue weighted by Crippen LogP contribution is -2.28. The van der Waals surface area contributed by atoms with Crippen molar-refractivity contribution in [1.29, 1.82) is 0 Å². The minimum atomic E-state index is -0.156. The average molecular weight is 324 g/mol. The van der Waals surface area contributed by atoms with E-state index in [2.05, 4.69) is 10.3 Å². The molecule has 112 valence electrons. The van der Waals surface area contributed by atoms with Crippen molar-refractivity contribution in [2.24, 2.45) is 5.73 Å². The van der Waals surface area contributed by atoms with E-state index in [-0.39, 0.29) is 11.9 Å². The van der Waals surface area contributed by atoms with Crippen LogP contribution in [0.15, 0.2) is 29.6 Å². The number of carbonyl (C=O) groups is 1. The number of hydrogen-bond acceptors (Lipinski definition) is 4. The quantitative estimate of drug-likeness (QED) is 0.858. The molecule has 21 heavy (non-hydrogen) atoms. The first-order valence-corrected chi connectivity index (χ1v) is 8.10. The van der Waals surface area contributed by atoms with Crippen molar-refractivity contribution in [2.75, 3.05) is 6.54 Å². The molecule has 1 aromatic heterocycles. The Morgan fingerprint density at radius 2 is 2.14 bits per heavy atom. The van der Waals surface area contributed by atoms with E-state index in [4.69, 9.17) is 17.3 Å². The first-order chi connectivity index (χ1) is 10.1. The SMILES string of the molecule is CCC(NC(=O)c1csc(CCN)n1)c1ccc(Cl)cc1. The summed E-state index contributed by atoms with van der Waals surface area (Å²) >= 11 is 7.35. The molecule has 0 saturated carbocycles. The van der Waals surface area contributed by atoms with E-state index in [9.17, 15) is 4.79 Å². The summed E-state index contributed by atoms with van der Waals surface area (Å²) in [5.41, 5.74) is 6.98. The molecule has 4 nitrogen and oxygen atoms in total. The van der Waals surface area contributed by atoms with Crippen molar-refractivity contribution in [1.82, 2.24) is 10.3 Å². The number of carbonyl (C=O) groups excluding carboxylic acids is 1. The van der Waals surface area contributed by atoms with Gasteiger partial charge in [0, 0.05) is 16.8 Å². The summed E-state index contributed by atoms with van der Waals surface area (Å²) in [5, 5.41) is 6.35. The molecule has 1 heterocycles. The highest BCUT2D eigenvalue weighted by molar-refractivity contribution is 7.09. The summed E-state index contributed by atoms with van der Waals surface area (Å²) in [6.45, 7) is 2.57. The lowest BCUT2D eigenvalue weighted by Gasteiger charge is -2.16. The Labute approximate surface area is 133 Å². The summed E-state index contributed by atoms with van der Waals surface area (Å²) < 4.78 is 0. The summed E-state index contributed by atoms with van der Waals surface area (Å²) in [5.74, 6) is -0.156.